The maximum atomic E-state index is 13.2. The summed E-state index contributed by atoms with van der Waals surface area (Å²) in [6.07, 6.45) is 3.41. The molecule has 3 rings (SSSR count). The van der Waals surface area contributed by atoms with Gasteiger partial charge in [0, 0.05) is 12.1 Å². The highest BCUT2D eigenvalue weighted by Gasteiger charge is 2.19. The Hall–Kier alpha value is -3.65. The Bertz CT molecular complexity index is 1160. The summed E-state index contributed by atoms with van der Waals surface area (Å²) in [5.41, 5.74) is 2.95. The first kappa shape index (κ1) is 24.0. The summed E-state index contributed by atoms with van der Waals surface area (Å²) in [5, 5.41) is 5.18. The van der Waals surface area contributed by atoms with Crippen molar-refractivity contribution in [1.82, 2.24) is 0 Å². The van der Waals surface area contributed by atoms with Crippen LogP contribution < -0.4 is 5.32 Å². The van der Waals surface area contributed by atoms with Crippen LogP contribution >= 0.6 is 0 Å². The standard InChI is InChI=1S/C28H30N2O3/c1-4-5-18-33-27(31)15-9-12-22-16-17-23(29-3)19-26(22)30-28(32)20(2)24-14-8-11-21-10-6-7-13-25(21)24/h6-8,10-11,13-14,16-17,19-20H,4-5,9,12,15,18H2,1-2H3,(H,30,32). The number of amides is 1. The molecule has 170 valence electrons. The van der Waals surface area contributed by atoms with Crippen LogP contribution in [0.5, 0.6) is 0 Å². The van der Waals surface area contributed by atoms with Gasteiger partial charge < -0.3 is 10.1 Å². The molecular weight excluding hydrogens is 412 g/mol. The number of nitrogens with zero attached hydrogens (tertiary/aromatic N) is 1. The van der Waals surface area contributed by atoms with Gasteiger partial charge in [-0.05, 0) is 54.2 Å². The zero-order valence-corrected chi connectivity index (χ0v) is 19.3. The van der Waals surface area contributed by atoms with Crippen molar-refractivity contribution in [3.63, 3.8) is 0 Å². The second kappa shape index (κ2) is 11.8. The predicted octanol–water partition coefficient (Wildman–Crippen LogP) is 6.80. The lowest BCUT2D eigenvalue weighted by Gasteiger charge is -2.17. The number of anilines is 1. The summed E-state index contributed by atoms with van der Waals surface area (Å²) in [7, 11) is 0. The topological polar surface area (TPSA) is 59.8 Å². The number of esters is 1. The third-order valence-corrected chi connectivity index (χ3v) is 5.75. The maximum Gasteiger partial charge on any atom is 0.305 e. The van der Waals surface area contributed by atoms with E-state index in [0.29, 0.717) is 37.2 Å². The minimum absolute atomic E-state index is 0.131. The number of rotatable bonds is 10. The molecule has 0 aliphatic carbocycles. The number of hydrogen-bond acceptors (Lipinski definition) is 3. The fourth-order valence-corrected chi connectivity index (χ4v) is 3.80. The van der Waals surface area contributed by atoms with Crippen molar-refractivity contribution in [3.8, 4) is 0 Å². The molecule has 5 heteroatoms. The zero-order valence-electron chi connectivity index (χ0n) is 19.3. The Labute approximate surface area is 195 Å². The molecule has 0 aliphatic heterocycles. The van der Waals surface area contributed by atoms with E-state index in [0.717, 1.165) is 34.7 Å². The maximum absolute atomic E-state index is 13.2. The monoisotopic (exact) mass is 442 g/mol. The van der Waals surface area contributed by atoms with E-state index in [1.165, 1.54) is 0 Å². The second-order valence-corrected chi connectivity index (χ2v) is 8.16. The van der Waals surface area contributed by atoms with Gasteiger partial charge in [0.05, 0.1) is 19.1 Å². The molecule has 5 nitrogen and oxygen atoms in total. The molecule has 0 radical (unpaired) electrons. The Morgan fingerprint density at radius 1 is 1.06 bits per heavy atom. The van der Waals surface area contributed by atoms with Crippen LogP contribution in [0.25, 0.3) is 15.6 Å². The predicted molar refractivity (Wildman–Crippen MR) is 133 cm³/mol. The highest BCUT2D eigenvalue weighted by atomic mass is 16.5. The molecule has 0 spiro atoms. The number of fused-ring (bicyclic) bond motifs is 1. The number of nitrogens with one attached hydrogen (secondary N) is 1. The van der Waals surface area contributed by atoms with E-state index in [1.54, 1.807) is 12.1 Å². The molecule has 3 aromatic carbocycles. The minimum atomic E-state index is -0.367. The Balaban J connectivity index is 1.71. The van der Waals surface area contributed by atoms with E-state index < -0.39 is 0 Å². The first-order valence-corrected chi connectivity index (χ1v) is 11.5. The van der Waals surface area contributed by atoms with Crippen LogP contribution in [0.15, 0.2) is 60.7 Å². The number of benzene rings is 3. The van der Waals surface area contributed by atoms with Gasteiger partial charge in [-0.25, -0.2) is 4.85 Å². The fraction of sp³-hybridized carbons (Fsp3) is 0.321. The van der Waals surface area contributed by atoms with Crippen LogP contribution in [-0.2, 0) is 20.7 Å². The third kappa shape index (κ3) is 6.43. The van der Waals surface area contributed by atoms with Gasteiger partial charge in [0.1, 0.15) is 0 Å². The zero-order chi connectivity index (χ0) is 23.6. The van der Waals surface area contributed by atoms with E-state index in [9.17, 15) is 9.59 Å². The van der Waals surface area contributed by atoms with E-state index in [4.69, 9.17) is 11.3 Å². The van der Waals surface area contributed by atoms with E-state index in [-0.39, 0.29) is 17.8 Å². The molecule has 0 fully saturated rings. The van der Waals surface area contributed by atoms with Gasteiger partial charge in [0.2, 0.25) is 5.91 Å². The van der Waals surface area contributed by atoms with E-state index in [2.05, 4.69) is 17.1 Å². The van der Waals surface area contributed by atoms with Crippen molar-refractivity contribution >= 4 is 34.0 Å². The van der Waals surface area contributed by atoms with Crippen molar-refractivity contribution < 1.29 is 14.3 Å². The van der Waals surface area contributed by atoms with Crippen LogP contribution in [0.4, 0.5) is 11.4 Å². The molecule has 0 bridgehead atoms. The van der Waals surface area contributed by atoms with Gasteiger partial charge >= 0.3 is 5.97 Å². The smallest absolute Gasteiger partial charge is 0.305 e. The normalized spacial score (nSPS) is 11.5. The quantitative estimate of drug-likeness (QED) is 0.213. The summed E-state index contributed by atoms with van der Waals surface area (Å²) >= 11 is 0. The Kier molecular flexibility index (Phi) is 8.60. The second-order valence-electron chi connectivity index (χ2n) is 8.16. The molecule has 33 heavy (non-hydrogen) atoms. The van der Waals surface area contributed by atoms with Crippen molar-refractivity contribution in [3.05, 3.63) is 83.2 Å². The van der Waals surface area contributed by atoms with Gasteiger partial charge in [0.25, 0.3) is 0 Å². The molecule has 1 atom stereocenters. The van der Waals surface area contributed by atoms with Crippen molar-refractivity contribution in [2.45, 2.75) is 51.9 Å². The molecule has 1 unspecified atom stereocenters. The average molecular weight is 443 g/mol. The summed E-state index contributed by atoms with van der Waals surface area (Å²) in [6.45, 7) is 11.7. The average Bonchev–Trinajstić information content (AvgIpc) is 2.84. The number of carbonyl (C=O) groups is 2. The van der Waals surface area contributed by atoms with E-state index >= 15 is 0 Å². The lowest BCUT2D eigenvalue weighted by molar-refractivity contribution is -0.143. The molecular formula is C28H30N2O3. The molecule has 0 heterocycles. The van der Waals surface area contributed by atoms with E-state index in [1.807, 2.05) is 55.5 Å². The molecule has 0 saturated carbocycles. The molecule has 1 amide bonds. The first-order valence-electron chi connectivity index (χ1n) is 11.5. The number of hydrogen-bond donors (Lipinski definition) is 1. The van der Waals surface area contributed by atoms with Crippen LogP contribution in [0.1, 0.15) is 56.6 Å². The lowest BCUT2D eigenvalue weighted by Crippen LogP contribution is -2.20. The van der Waals surface area contributed by atoms with Crippen molar-refractivity contribution in [1.29, 1.82) is 0 Å². The van der Waals surface area contributed by atoms with Gasteiger partial charge in [0.15, 0.2) is 5.69 Å². The molecule has 1 N–H and O–H groups in total. The molecule has 0 aromatic heterocycles. The SMILES string of the molecule is [C-]#[N+]c1ccc(CCCC(=O)OCCCC)c(NC(=O)C(C)c2cccc3ccccc23)c1. The van der Waals surface area contributed by atoms with Crippen LogP contribution in [0.3, 0.4) is 0 Å². The number of ether oxygens (including phenoxy) is 1. The van der Waals surface area contributed by atoms with Gasteiger partial charge in [-0.2, -0.15) is 0 Å². The summed E-state index contributed by atoms with van der Waals surface area (Å²) in [5.74, 6) is -0.695. The number of carbonyl (C=O) groups excluding carboxylic acids is 2. The minimum Gasteiger partial charge on any atom is -0.466 e. The number of aryl methyl sites for hydroxylation is 1. The molecule has 0 aliphatic rings. The largest absolute Gasteiger partial charge is 0.466 e. The fourth-order valence-electron chi connectivity index (χ4n) is 3.80. The highest BCUT2D eigenvalue weighted by Crippen LogP contribution is 2.29. The molecule has 0 saturated heterocycles. The summed E-state index contributed by atoms with van der Waals surface area (Å²) < 4.78 is 5.22. The Morgan fingerprint density at radius 2 is 1.85 bits per heavy atom. The summed E-state index contributed by atoms with van der Waals surface area (Å²) in [4.78, 5) is 28.6. The summed E-state index contributed by atoms with van der Waals surface area (Å²) in [6, 6.07) is 19.3. The third-order valence-electron chi connectivity index (χ3n) is 5.75. The number of unbranched alkanes of at least 4 members (excludes halogenated alkanes) is 1. The van der Waals surface area contributed by atoms with Gasteiger partial charge in [-0.1, -0.05) is 67.9 Å². The van der Waals surface area contributed by atoms with Crippen LogP contribution in [-0.4, -0.2) is 18.5 Å². The molecule has 3 aromatic rings. The highest BCUT2D eigenvalue weighted by molar-refractivity contribution is 6.00. The van der Waals surface area contributed by atoms with Gasteiger partial charge in [-0.3, -0.25) is 9.59 Å². The van der Waals surface area contributed by atoms with Crippen molar-refractivity contribution in [2.24, 2.45) is 0 Å². The van der Waals surface area contributed by atoms with Crippen LogP contribution in [0, 0.1) is 6.57 Å². The van der Waals surface area contributed by atoms with Gasteiger partial charge in [-0.15, -0.1) is 0 Å². The van der Waals surface area contributed by atoms with Crippen LogP contribution in [0.2, 0.25) is 0 Å². The lowest BCUT2D eigenvalue weighted by atomic mass is 9.94. The van der Waals surface area contributed by atoms with Crippen molar-refractivity contribution in [2.75, 3.05) is 11.9 Å². The first-order chi connectivity index (χ1) is 16.0. The Morgan fingerprint density at radius 3 is 2.64 bits per heavy atom.